The van der Waals surface area contributed by atoms with Crippen molar-refractivity contribution >= 4 is 5.91 Å². The highest BCUT2D eigenvalue weighted by Gasteiger charge is 2.52. The fourth-order valence-electron chi connectivity index (χ4n) is 3.13. The van der Waals surface area contributed by atoms with Crippen LogP contribution in [0.3, 0.4) is 0 Å². The van der Waals surface area contributed by atoms with Crippen molar-refractivity contribution in [1.29, 1.82) is 0 Å². The number of hydrogen-bond acceptors (Lipinski definition) is 1. The maximum atomic E-state index is 11.9. The van der Waals surface area contributed by atoms with Gasteiger partial charge in [-0.1, -0.05) is 0 Å². The quantitative estimate of drug-likeness (QED) is 0.591. The molecule has 2 nitrogen and oxygen atoms in total. The Hall–Kier alpha value is -0.370. The van der Waals surface area contributed by atoms with E-state index < -0.39 is 0 Å². The van der Waals surface area contributed by atoms with Crippen LogP contribution in [0.5, 0.6) is 0 Å². The summed E-state index contributed by atoms with van der Waals surface area (Å²) >= 11 is 0. The minimum Gasteiger partial charge on any atom is -0.247 e. The van der Waals surface area contributed by atoms with Crippen molar-refractivity contribution in [3.05, 3.63) is 6.04 Å². The Morgan fingerprint density at radius 3 is 2.00 bits per heavy atom. The highest BCUT2D eigenvalue weighted by Crippen LogP contribution is 2.40. The summed E-state index contributed by atoms with van der Waals surface area (Å²) in [7, 11) is 0. The van der Waals surface area contributed by atoms with E-state index in [4.69, 9.17) is 0 Å². The molecular weight excluding hydrogens is 174 g/mol. The summed E-state index contributed by atoms with van der Waals surface area (Å²) in [5, 5.41) is 0. The Bertz CT molecular complexity index is 232. The molecule has 0 aromatic carbocycles. The first-order valence-electron chi connectivity index (χ1n) is 5.54. The average molecular weight is 197 g/mol. The van der Waals surface area contributed by atoms with Crippen LogP contribution >= 0.6 is 0 Å². The number of nitrogens with zero attached hydrogens (tertiary/aromatic N) is 1. The molecule has 0 aromatic heterocycles. The van der Waals surface area contributed by atoms with Gasteiger partial charge in [-0.05, 0) is 40.5 Å². The Balaban J connectivity index is 3.11. The van der Waals surface area contributed by atoms with Gasteiger partial charge in [0, 0.05) is 6.42 Å². The van der Waals surface area contributed by atoms with E-state index in [-0.39, 0.29) is 5.54 Å². The SMILES string of the molecule is C[C](C)[N+]1(C(C)=O)CCCCC1(C)C. The molecule has 81 valence electrons. The number of quaternary nitrogens is 1. The van der Waals surface area contributed by atoms with Crippen LogP contribution in [0.15, 0.2) is 0 Å². The highest BCUT2D eigenvalue weighted by molar-refractivity contribution is 5.67. The third-order valence-corrected chi connectivity index (χ3v) is 3.87. The Kier molecular flexibility index (Phi) is 3.05. The number of amides is 1. The molecule has 14 heavy (non-hydrogen) atoms. The van der Waals surface area contributed by atoms with E-state index in [2.05, 4.69) is 27.7 Å². The predicted molar refractivity (Wildman–Crippen MR) is 58.3 cm³/mol. The molecule has 1 rings (SSSR count). The number of hydrogen-bond donors (Lipinski definition) is 0. The molecule has 0 aromatic rings. The molecule has 1 unspecified atom stereocenters. The second-order valence-electron chi connectivity index (χ2n) is 5.27. The number of carbonyl (C=O) groups is 1. The molecular formula is C12H23NO+. The van der Waals surface area contributed by atoms with Gasteiger partial charge in [-0.2, -0.15) is 0 Å². The number of rotatable bonds is 1. The van der Waals surface area contributed by atoms with E-state index in [0.717, 1.165) is 13.0 Å². The summed E-state index contributed by atoms with van der Waals surface area (Å²) in [5.74, 6) is 0.301. The van der Waals surface area contributed by atoms with Crippen molar-refractivity contribution in [3.8, 4) is 0 Å². The van der Waals surface area contributed by atoms with Gasteiger partial charge in [-0.25, -0.2) is 9.28 Å². The fourth-order valence-corrected chi connectivity index (χ4v) is 3.13. The second-order valence-corrected chi connectivity index (χ2v) is 5.27. The maximum Gasteiger partial charge on any atom is 0.311 e. The molecule has 0 N–H and O–H groups in total. The highest BCUT2D eigenvalue weighted by atomic mass is 16.2. The van der Waals surface area contributed by atoms with Crippen molar-refractivity contribution in [3.63, 3.8) is 0 Å². The standard InChI is InChI=1S/C12H23NO/c1-10(2)13(11(3)14)9-7-6-8-12(13,4)5/h6-9H2,1-5H3/q+1. The molecule has 1 atom stereocenters. The summed E-state index contributed by atoms with van der Waals surface area (Å²) in [6.45, 7) is 11.4. The molecule has 0 aliphatic carbocycles. The molecule has 2 heteroatoms. The van der Waals surface area contributed by atoms with Crippen LogP contribution in [0.4, 0.5) is 0 Å². The van der Waals surface area contributed by atoms with Gasteiger partial charge >= 0.3 is 5.91 Å². The molecule has 1 fully saturated rings. The van der Waals surface area contributed by atoms with E-state index >= 15 is 0 Å². The predicted octanol–water partition coefficient (Wildman–Crippen LogP) is 2.88. The molecule has 1 amide bonds. The van der Waals surface area contributed by atoms with Crippen LogP contribution in [0.1, 0.15) is 53.9 Å². The lowest BCUT2D eigenvalue weighted by Gasteiger charge is -2.52. The zero-order valence-corrected chi connectivity index (χ0v) is 10.2. The van der Waals surface area contributed by atoms with Gasteiger partial charge in [0.2, 0.25) is 0 Å². The van der Waals surface area contributed by atoms with Crippen LogP contribution in [0.25, 0.3) is 0 Å². The Labute approximate surface area is 87.9 Å². The normalized spacial score (nSPS) is 31.9. The van der Waals surface area contributed by atoms with Gasteiger partial charge in [0.25, 0.3) is 0 Å². The molecule has 1 aliphatic rings. The van der Waals surface area contributed by atoms with Gasteiger partial charge in [0.05, 0.1) is 13.5 Å². The number of likely N-dealkylation sites (tertiary alicyclic amines) is 1. The number of piperidine rings is 1. The lowest BCUT2D eigenvalue weighted by molar-refractivity contribution is -0.894. The molecule has 1 aliphatic heterocycles. The lowest BCUT2D eigenvalue weighted by atomic mass is 9.85. The maximum absolute atomic E-state index is 11.9. The molecule has 1 radical (unpaired) electrons. The van der Waals surface area contributed by atoms with Crippen LogP contribution in [0.2, 0.25) is 0 Å². The molecule has 0 saturated carbocycles. The monoisotopic (exact) mass is 197 g/mol. The third kappa shape index (κ3) is 1.50. The van der Waals surface area contributed by atoms with Crippen molar-refractivity contribution in [2.45, 2.75) is 59.4 Å². The van der Waals surface area contributed by atoms with Gasteiger partial charge in [-0.3, -0.25) is 0 Å². The van der Waals surface area contributed by atoms with Crippen molar-refractivity contribution in [2.75, 3.05) is 6.54 Å². The number of carbonyl (C=O) groups excluding carboxylic acids is 1. The minimum atomic E-state index is 0.0862. The molecule has 1 heterocycles. The van der Waals surface area contributed by atoms with Crippen LogP contribution in [-0.4, -0.2) is 22.5 Å². The van der Waals surface area contributed by atoms with Crippen LogP contribution < -0.4 is 0 Å². The van der Waals surface area contributed by atoms with E-state index in [1.807, 2.05) is 0 Å². The summed E-state index contributed by atoms with van der Waals surface area (Å²) in [6.07, 6.45) is 3.58. The van der Waals surface area contributed by atoms with Crippen molar-refractivity contribution in [1.82, 2.24) is 0 Å². The smallest absolute Gasteiger partial charge is 0.247 e. The van der Waals surface area contributed by atoms with Gasteiger partial charge in [-0.15, -0.1) is 0 Å². The Morgan fingerprint density at radius 1 is 1.14 bits per heavy atom. The summed E-state index contributed by atoms with van der Waals surface area (Å²) in [5.41, 5.74) is 0.0862. The Morgan fingerprint density at radius 2 is 1.71 bits per heavy atom. The van der Waals surface area contributed by atoms with Gasteiger partial charge in [0.1, 0.15) is 5.54 Å². The topological polar surface area (TPSA) is 17.1 Å². The van der Waals surface area contributed by atoms with E-state index in [1.54, 1.807) is 6.92 Å². The van der Waals surface area contributed by atoms with Gasteiger partial charge < -0.3 is 0 Å². The zero-order chi connectivity index (χ0) is 11.0. The fraction of sp³-hybridized carbons (Fsp3) is 0.833. The van der Waals surface area contributed by atoms with E-state index in [0.29, 0.717) is 10.4 Å². The molecule has 0 bridgehead atoms. The first-order chi connectivity index (χ1) is 6.34. The summed E-state index contributed by atoms with van der Waals surface area (Å²) in [6, 6.07) is 1.24. The first-order valence-corrected chi connectivity index (χ1v) is 5.54. The first kappa shape index (κ1) is 11.7. The average Bonchev–Trinajstić information content (AvgIpc) is 2.02. The summed E-state index contributed by atoms with van der Waals surface area (Å²) < 4.78 is 0.590. The van der Waals surface area contributed by atoms with Crippen molar-refractivity contribution < 1.29 is 9.28 Å². The minimum absolute atomic E-state index is 0.0862. The second kappa shape index (κ2) is 3.65. The van der Waals surface area contributed by atoms with Crippen molar-refractivity contribution in [2.24, 2.45) is 0 Å². The third-order valence-electron chi connectivity index (χ3n) is 3.87. The van der Waals surface area contributed by atoms with Gasteiger partial charge in [0.15, 0.2) is 6.04 Å². The van der Waals surface area contributed by atoms with Crippen LogP contribution in [0, 0.1) is 6.04 Å². The molecule has 1 saturated heterocycles. The van der Waals surface area contributed by atoms with E-state index in [9.17, 15) is 4.79 Å². The lowest BCUT2D eigenvalue weighted by Crippen LogP contribution is -2.66. The molecule has 0 spiro atoms. The summed E-state index contributed by atoms with van der Waals surface area (Å²) in [4.78, 5) is 11.9. The zero-order valence-electron chi connectivity index (χ0n) is 10.2. The largest absolute Gasteiger partial charge is 0.311 e. The van der Waals surface area contributed by atoms with Crippen LogP contribution in [-0.2, 0) is 4.79 Å². The van der Waals surface area contributed by atoms with E-state index in [1.165, 1.54) is 18.9 Å².